The van der Waals surface area contributed by atoms with Crippen molar-refractivity contribution in [2.24, 2.45) is 4.99 Å². The fourth-order valence-electron chi connectivity index (χ4n) is 2.96. The summed E-state index contributed by atoms with van der Waals surface area (Å²) < 4.78 is 13.8. The molecule has 24 heavy (non-hydrogen) atoms. The van der Waals surface area contributed by atoms with E-state index in [4.69, 9.17) is 5.26 Å². The van der Waals surface area contributed by atoms with Gasteiger partial charge in [0.25, 0.3) is 0 Å². The average molecular weight is 331 g/mol. The van der Waals surface area contributed by atoms with Crippen LogP contribution in [0, 0.1) is 17.1 Å². The van der Waals surface area contributed by atoms with Gasteiger partial charge in [0, 0.05) is 38.3 Å². The van der Waals surface area contributed by atoms with Gasteiger partial charge in [0.2, 0.25) is 0 Å². The van der Waals surface area contributed by atoms with E-state index in [2.05, 4.69) is 27.4 Å². The topological polar surface area (TPSA) is 63.4 Å². The quantitative estimate of drug-likeness (QED) is 0.641. The molecule has 2 rings (SSSR count). The minimum Gasteiger partial charge on any atom is -0.354 e. The molecule has 2 N–H and O–H groups in total. The Hall–Kier alpha value is -2.13. The van der Waals surface area contributed by atoms with Crippen LogP contribution in [0.15, 0.2) is 23.2 Å². The highest BCUT2D eigenvalue weighted by atomic mass is 19.1. The number of nitrogens with one attached hydrogen (secondary N) is 2. The van der Waals surface area contributed by atoms with Gasteiger partial charge < -0.3 is 15.5 Å². The molecule has 5 nitrogen and oxygen atoms in total. The molecule has 0 radical (unpaired) electrons. The van der Waals surface area contributed by atoms with Crippen LogP contribution in [0.25, 0.3) is 0 Å². The van der Waals surface area contributed by atoms with Gasteiger partial charge in [-0.2, -0.15) is 5.26 Å². The lowest BCUT2D eigenvalue weighted by Gasteiger charge is -2.32. The minimum atomic E-state index is -0.315. The highest BCUT2D eigenvalue weighted by Crippen LogP contribution is 2.11. The van der Waals surface area contributed by atoms with Crippen LogP contribution in [0.1, 0.15) is 37.3 Å². The third kappa shape index (κ3) is 5.20. The second-order valence-electron chi connectivity index (χ2n) is 6.10. The third-order valence-corrected chi connectivity index (χ3v) is 4.31. The van der Waals surface area contributed by atoms with Crippen molar-refractivity contribution in [3.8, 4) is 6.07 Å². The SMILES string of the molecule is CCCN1CCC(NC(=NC)NCc2cc(C#N)ccc2F)CC1. The Balaban J connectivity index is 1.84. The number of likely N-dealkylation sites (tertiary alicyclic amines) is 1. The molecule has 1 aliphatic rings. The van der Waals surface area contributed by atoms with E-state index in [1.807, 2.05) is 6.07 Å². The summed E-state index contributed by atoms with van der Waals surface area (Å²) in [6, 6.07) is 6.80. The van der Waals surface area contributed by atoms with E-state index in [0.717, 1.165) is 32.5 Å². The van der Waals surface area contributed by atoms with Gasteiger partial charge in [-0.25, -0.2) is 4.39 Å². The molecule has 1 heterocycles. The van der Waals surface area contributed by atoms with Crippen LogP contribution in [-0.4, -0.2) is 43.6 Å². The molecule has 1 aromatic carbocycles. The second-order valence-corrected chi connectivity index (χ2v) is 6.10. The van der Waals surface area contributed by atoms with Crippen LogP contribution in [0.3, 0.4) is 0 Å². The fraction of sp³-hybridized carbons (Fsp3) is 0.556. The number of aliphatic imine (C=N–C) groups is 1. The largest absolute Gasteiger partial charge is 0.354 e. The zero-order valence-electron chi connectivity index (χ0n) is 14.5. The van der Waals surface area contributed by atoms with Crippen molar-refractivity contribution in [1.29, 1.82) is 5.26 Å². The summed E-state index contributed by atoms with van der Waals surface area (Å²) >= 11 is 0. The van der Waals surface area contributed by atoms with E-state index in [1.165, 1.54) is 18.6 Å². The molecule has 1 fully saturated rings. The molecule has 0 bridgehead atoms. The number of hydrogen-bond donors (Lipinski definition) is 2. The second kappa shape index (κ2) is 9.24. The molecule has 0 atom stereocenters. The van der Waals surface area contributed by atoms with Crippen LogP contribution in [-0.2, 0) is 6.54 Å². The summed E-state index contributed by atoms with van der Waals surface area (Å²) in [6.45, 7) is 5.86. The summed E-state index contributed by atoms with van der Waals surface area (Å²) in [4.78, 5) is 6.70. The molecule has 130 valence electrons. The Labute approximate surface area is 143 Å². The zero-order valence-corrected chi connectivity index (χ0v) is 14.5. The van der Waals surface area contributed by atoms with E-state index in [-0.39, 0.29) is 5.82 Å². The molecule has 0 aromatic heterocycles. The number of guanidine groups is 1. The first-order valence-electron chi connectivity index (χ1n) is 8.54. The Morgan fingerprint density at radius 3 is 2.79 bits per heavy atom. The highest BCUT2D eigenvalue weighted by molar-refractivity contribution is 5.80. The van der Waals surface area contributed by atoms with Gasteiger partial charge in [0.15, 0.2) is 5.96 Å². The number of benzene rings is 1. The molecule has 0 spiro atoms. The number of nitrogens with zero attached hydrogens (tertiary/aromatic N) is 3. The Morgan fingerprint density at radius 1 is 1.42 bits per heavy atom. The predicted molar refractivity (Wildman–Crippen MR) is 94.2 cm³/mol. The lowest BCUT2D eigenvalue weighted by Crippen LogP contribution is -2.48. The maximum atomic E-state index is 13.8. The fourth-order valence-corrected chi connectivity index (χ4v) is 2.96. The Morgan fingerprint density at radius 2 is 2.17 bits per heavy atom. The van der Waals surface area contributed by atoms with E-state index < -0.39 is 0 Å². The van der Waals surface area contributed by atoms with Crippen LogP contribution in [0.2, 0.25) is 0 Å². The molecular weight excluding hydrogens is 305 g/mol. The molecule has 0 amide bonds. The lowest BCUT2D eigenvalue weighted by atomic mass is 10.1. The van der Waals surface area contributed by atoms with Crippen LogP contribution < -0.4 is 10.6 Å². The van der Waals surface area contributed by atoms with Crippen molar-refractivity contribution in [1.82, 2.24) is 15.5 Å². The maximum absolute atomic E-state index is 13.8. The van der Waals surface area contributed by atoms with Gasteiger partial charge in [-0.3, -0.25) is 4.99 Å². The number of hydrogen-bond acceptors (Lipinski definition) is 3. The first-order chi connectivity index (χ1) is 11.7. The average Bonchev–Trinajstić information content (AvgIpc) is 2.61. The number of halogens is 1. The van der Waals surface area contributed by atoms with Crippen molar-refractivity contribution < 1.29 is 4.39 Å². The Kier molecular flexibility index (Phi) is 7.01. The molecule has 1 aromatic rings. The van der Waals surface area contributed by atoms with Crippen molar-refractivity contribution in [2.45, 2.75) is 38.8 Å². The smallest absolute Gasteiger partial charge is 0.191 e. The molecule has 1 aliphatic heterocycles. The van der Waals surface area contributed by atoms with Gasteiger partial charge in [-0.05, 0) is 44.0 Å². The molecular formula is C18H26FN5. The summed E-state index contributed by atoms with van der Waals surface area (Å²) in [5, 5.41) is 15.5. The van der Waals surface area contributed by atoms with Crippen molar-refractivity contribution in [3.05, 3.63) is 35.1 Å². The summed E-state index contributed by atoms with van der Waals surface area (Å²) in [5.41, 5.74) is 0.925. The van der Waals surface area contributed by atoms with Crippen LogP contribution in [0.4, 0.5) is 4.39 Å². The van der Waals surface area contributed by atoms with Gasteiger partial charge >= 0.3 is 0 Å². The number of rotatable bonds is 5. The molecule has 0 aliphatic carbocycles. The Bertz CT molecular complexity index is 600. The maximum Gasteiger partial charge on any atom is 0.191 e. The zero-order chi connectivity index (χ0) is 17.4. The van der Waals surface area contributed by atoms with Crippen molar-refractivity contribution >= 4 is 5.96 Å². The first-order valence-corrected chi connectivity index (χ1v) is 8.54. The molecule has 6 heteroatoms. The highest BCUT2D eigenvalue weighted by Gasteiger charge is 2.19. The van der Waals surface area contributed by atoms with E-state index in [9.17, 15) is 4.39 Å². The summed E-state index contributed by atoms with van der Waals surface area (Å²) in [6.07, 6.45) is 3.35. The van der Waals surface area contributed by atoms with Gasteiger partial charge in [0.1, 0.15) is 5.82 Å². The van der Waals surface area contributed by atoms with E-state index >= 15 is 0 Å². The first kappa shape index (κ1) is 18.2. The summed E-state index contributed by atoms with van der Waals surface area (Å²) in [5.74, 6) is 0.357. The number of piperidine rings is 1. The monoisotopic (exact) mass is 331 g/mol. The molecule has 1 saturated heterocycles. The summed E-state index contributed by atoms with van der Waals surface area (Å²) in [7, 11) is 1.71. The molecule has 0 unspecified atom stereocenters. The van der Waals surface area contributed by atoms with Gasteiger partial charge in [-0.1, -0.05) is 6.92 Å². The standard InChI is InChI=1S/C18H26FN5/c1-3-8-24-9-6-16(7-10-24)23-18(21-2)22-13-15-11-14(12-20)4-5-17(15)19/h4-5,11,16H,3,6-10,13H2,1-2H3,(H2,21,22,23). The van der Waals surface area contributed by atoms with E-state index in [1.54, 1.807) is 13.1 Å². The van der Waals surface area contributed by atoms with Crippen LogP contribution in [0.5, 0.6) is 0 Å². The van der Waals surface area contributed by atoms with Gasteiger partial charge in [0.05, 0.1) is 11.6 Å². The minimum absolute atomic E-state index is 0.301. The normalized spacial score (nSPS) is 16.7. The lowest BCUT2D eigenvalue weighted by molar-refractivity contribution is 0.206. The van der Waals surface area contributed by atoms with Crippen LogP contribution >= 0.6 is 0 Å². The predicted octanol–water partition coefficient (Wildman–Crippen LogP) is 2.24. The van der Waals surface area contributed by atoms with E-state index in [0.29, 0.717) is 29.7 Å². The molecule has 0 saturated carbocycles. The van der Waals surface area contributed by atoms with Crippen molar-refractivity contribution in [3.63, 3.8) is 0 Å². The van der Waals surface area contributed by atoms with Gasteiger partial charge in [-0.15, -0.1) is 0 Å². The van der Waals surface area contributed by atoms with Crippen molar-refractivity contribution in [2.75, 3.05) is 26.7 Å². The third-order valence-electron chi connectivity index (χ3n) is 4.31. The number of nitriles is 1.